The van der Waals surface area contributed by atoms with E-state index >= 15 is 0 Å². The number of carbonyl (C=O) groups excluding carboxylic acids is 2. The molecule has 2 rings (SSSR count). The summed E-state index contributed by atoms with van der Waals surface area (Å²) < 4.78 is 10.6. The molecule has 1 atom stereocenters. The lowest BCUT2D eigenvalue weighted by molar-refractivity contribution is -0.139. The fourth-order valence-electron chi connectivity index (χ4n) is 2.63. The van der Waals surface area contributed by atoms with Crippen molar-refractivity contribution in [2.24, 2.45) is 0 Å². The average molecular weight is 355 g/mol. The van der Waals surface area contributed by atoms with Crippen LogP contribution in [0.4, 0.5) is 0 Å². The molecule has 0 bridgehead atoms. The van der Waals surface area contributed by atoms with E-state index in [-0.39, 0.29) is 18.4 Å². The fraction of sp³-hybridized carbons (Fsp3) is 0.529. The smallest absolute Gasteiger partial charge is 0.263 e. The number of amides is 2. The summed E-state index contributed by atoms with van der Waals surface area (Å²) in [7, 11) is 1.50. The van der Waals surface area contributed by atoms with Crippen LogP contribution in [0.25, 0.3) is 0 Å². The van der Waals surface area contributed by atoms with Gasteiger partial charge >= 0.3 is 0 Å². The van der Waals surface area contributed by atoms with Crippen molar-refractivity contribution in [2.45, 2.75) is 19.4 Å². The lowest BCUT2D eigenvalue weighted by atomic mass is 10.3. The fourth-order valence-corrected chi connectivity index (χ4v) is 2.75. The number of benzene rings is 1. The second-order valence-corrected chi connectivity index (χ2v) is 6.14. The van der Waals surface area contributed by atoms with Crippen molar-refractivity contribution >= 4 is 23.4 Å². The molecule has 0 aliphatic carbocycles. The normalized spacial score (nSPS) is 16.5. The van der Waals surface area contributed by atoms with Crippen molar-refractivity contribution in [2.75, 3.05) is 39.9 Å². The van der Waals surface area contributed by atoms with Gasteiger partial charge < -0.3 is 19.3 Å². The Morgan fingerprint density at radius 2 is 1.75 bits per heavy atom. The number of rotatable bonds is 5. The maximum absolute atomic E-state index is 12.6. The Labute approximate surface area is 147 Å². The summed E-state index contributed by atoms with van der Waals surface area (Å²) in [6.45, 7) is 4.08. The number of hydrogen-bond donors (Lipinski definition) is 0. The topological polar surface area (TPSA) is 59.1 Å². The Bertz CT molecular complexity index is 564. The van der Waals surface area contributed by atoms with E-state index in [1.807, 2.05) is 0 Å². The Balaban J connectivity index is 1.89. The number of nitrogens with zero attached hydrogens (tertiary/aromatic N) is 2. The van der Waals surface area contributed by atoms with Gasteiger partial charge in [0, 0.05) is 38.3 Å². The summed E-state index contributed by atoms with van der Waals surface area (Å²) in [4.78, 5) is 28.0. The van der Waals surface area contributed by atoms with E-state index in [2.05, 4.69) is 0 Å². The van der Waals surface area contributed by atoms with E-state index in [1.165, 1.54) is 7.11 Å². The SMILES string of the molecule is COCC(=O)N1CCCN(C(=O)C(C)Oc2ccc(Cl)cc2)CC1. The minimum absolute atomic E-state index is 0.0442. The highest BCUT2D eigenvalue weighted by Crippen LogP contribution is 2.17. The van der Waals surface area contributed by atoms with Crippen LogP contribution in [0.3, 0.4) is 0 Å². The molecule has 6 nitrogen and oxygen atoms in total. The summed E-state index contributed by atoms with van der Waals surface area (Å²) in [5.74, 6) is 0.482. The zero-order valence-electron chi connectivity index (χ0n) is 14.0. The van der Waals surface area contributed by atoms with Gasteiger partial charge in [0.25, 0.3) is 5.91 Å². The molecule has 0 saturated carbocycles. The minimum Gasteiger partial charge on any atom is -0.481 e. The Kier molecular flexibility index (Phi) is 6.87. The lowest BCUT2D eigenvalue weighted by Gasteiger charge is -2.25. The van der Waals surface area contributed by atoms with Crippen LogP contribution in [-0.2, 0) is 14.3 Å². The zero-order chi connectivity index (χ0) is 17.5. The molecule has 2 amide bonds. The molecule has 7 heteroatoms. The second-order valence-electron chi connectivity index (χ2n) is 5.71. The molecule has 0 aromatic heterocycles. The first kappa shape index (κ1) is 18.5. The van der Waals surface area contributed by atoms with Crippen LogP contribution in [-0.4, -0.2) is 67.6 Å². The van der Waals surface area contributed by atoms with Gasteiger partial charge in [-0.15, -0.1) is 0 Å². The van der Waals surface area contributed by atoms with Crippen LogP contribution in [0.1, 0.15) is 13.3 Å². The van der Waals surface area contributed by atoms with E-state index in [1.54, 1.807) is 41.0 Å². The van der Waals surface area contributed by atoms with Gasteiger partial charge in [0.05, 0.1) is 0 Å². The van der Waals surface area contributed by atoms with Crippen LogP contribution in [0.15, 0.2) is 24.3 Å². The second kappa shape index (κ2) is 8.89. The van der Waals surface area contributed by atoms with Gasteiger partial charge in [-0.3, -0.25) is 9.59 Å². The van der Waals surface area contributed by atoms with Gasteiger partial charge in [0.2, 0.25) is 5.91 Å². The van der Waals surface area contributed by atoms with Crippen LogP contribution in [0.5, 0.6) is 5.75 Å². The molecule has 1 aliphatic heterocycles. The average Bonchev–Trinajstić information content (AvgIpc) is 2.82. The Hall–Kier alpha value is -1.79. The van der Waals surface area contributed by atoms with Crippen molar-refractivity contribution in [1.82, 2.24) is 9.80 Å². The quantitative estimate of drug-likeness (QED) is 0.809. The molecule has 1 heterocycles. The largest absolute Gasteiger partial charge is 0.481 e. The molecule has 0 radical (unpaired) electrons. The van der Waals surface area contributed by atoms with Crippen LogP contribution < -0.4 is 4.74 Å². The van der Waals surface area contributed by atoms with Gasteiger partial charge in [-0.25, -0.2) is 0 Å². The maximum Gasteiger partial charge on any atom is 0.263 e. The van der Waals surface area contributed by atoms with Crippen LogP contribution in [0, 0.1) is 0 Å². The van der Waals surface area contributed by atoms with Crippen molar-refractivity contribution in [3.8, 4) is 5.75 Å². The molecule has 0 N–H and O–H groups in total. The summed E-state index contributed by atoms with van der Waals surface area (Å²) in [5.41, 5.74) is 0. The highest BCUT2D eigenvalue weighted by atomic mass is 35.5. The standard InChI is InChI=1S/C17H23ClN2O4/c1-13(24-15-6-4-14(18)5-7-15)17(22)20-9-3-8-19(10-11-20)16(21)12-23-2/h4-7,13H,3,8-12H2,1-2H3. The molecule has 24 heavy (non-hydrogen) atoms. The third kappa shape index (κ3) is 5.11. The molecule has 1 aliphatic rings. The molecule has 1 aromatic rings. The van der Waals surface area contributed by atoms with Crippen molar-refractivity contribution in [3.05, 3.63) is 29.3 Å². The predicted octanol–water partition coefficient (Wildman–Crippen LogP) is 1.81. The first-order valence-corrected chi connectivity index (χ1v) is 8.37. The Morgan fingerprint density at radius 3 is 2.42 bits per heavy atom. The number of carbonyl (C=O) groups is 2. The van der Waals surface area contributed by atoms with Crippen molar-refractivity contribution in [1.29, 1.82) is 0 Å². The predicted molar refractivity (Wildman–Crippen MR) is 91.2 cm³/mol. The molecular weight excluding hydrogens is 332 g/mol. The van der Waals surface area contributed by atoms with Crippen molar-refractivity contribution < 1.29 is 19.1 Å². The molecule has 1 aromatic carbocycles. The monoisotopic (exact) mass is 354 g/mol. The summed E-state index contributed by atoms with van der Waals surface area (Å²) in [6.07, 6.45) is 0.155. The first-order chi connectivity index (χ1) is 11.5. The van der Waals surface area contributed by atoms with Gasteiger partial charge in [-0.2, -0.15) is 0 Å². The summed E-state index contributed by atoms with van der Waals surface area (Å²) in [5, 5.41) is 0.620. The first-order valence-electron chi connectivity index (χ1n) is 7.99. The zero-order valence-corrected chi connectivity index (χ0v) is 14.8. The van der Waals surface area contributed by atoms with E-state index in [0.29, 0.717) is 37.0 Å². The van der Waals surface area contributed by atoms with E-state index < -0.39 is 6.10 Å². The molecule has 1 fully saturated rings. The van der Waals surface area contributed by atoms with Crippen molar-refractivity contribution in [3.63, 3.8) is 0 Å². The molecule has 0 spiro atoms. The minimum atomic E-state index is -0.590. The highest BCUT2D eigenvalue weighted by Gasteiger charge is 2.26. The number of methoxy groups -OCH3 is 1. The molecular formula is C17H23ClN2O4. The lowest BCUT2D eigenvalue weighted by Crippen LogP contribution is -2.43. The van der Waals surface area contributed by atoms with E-state index in [0.717, 1.165) is 6.42 Å². The van der Waals surface area contributed by atoms with Crippen LogP contribution >= 0.6 is 11.6 Å². The maximum atomic E-state index is 12.6. The summed E-state index contributed by atoms with van der Waals surface area (Å²) in [6, 6.07) is 6.91. The van der Waals surface area contributed by atoms with Gasteiger partial charge in [0.1, 0.15) is 12.4 Å². The molecule has 1 unspecified atom stereocenters. The van der Waals surface area contributed by atoms with Crippen LogP contribution in [0.2, 0.25) is 5.02 Å². The van der Waals surface area contributed by atoms with Gasteiger partial charge in [0.15, 0.2) is 6.10 Å². The molecule has 132 valence electrons. The van der Waals surface area contributed by atoms with E-state index in [4.69, 9.17) is 21.1 Å². The van der Waals surface area contributed by atoms with Gasteiger partial charge in [-0.05, 0) is 37.6 Å². The highest BCUT2D eigenvalue weighted by molar-refractivity contribution is 6.30. The van der Waals surface area contributed by atoms with E-state index in [9.17, 15) is 9.59 Å². The third-order valence-corrected chi connectivity index (χ3v) is 4.15. The number of hydrogen-bond acceptors (Lipinski definition) is 4. The van der Waals surface area contributed by atoms with Gasteiger partial charge in [-0.1, -0.05) is 11.6 Å². The Morgan fingerprint density at radius 1 is 1.12 bits per heavy atom. The summed E-state index contributed by atoms with van der Waals surface area (Å²) >= 11 is 5.84. The third-order valence-electron chi connectivity index (χ3n) is 3.90. The number of ether oxygens (including phenoxy) is 2. The number of halogens is 1. The molecule has 1 saturated heterocycles.